The SMILES string of the molecule is CCOP(=O)(OCC)C(c1oc2cc(OC)c(OC)cc2c1-c1ccc(OC)cc1)N1CCCCC1. The fourth-order valence-electron chi connectivity index (χ4n) is 4.89. The molecule has 4 rings (SSSR count). The third-order valence-electron chi connectivity index (χ3n) is 6.49. The van der Waals surface area contributed by atoms with E-state index in [-0.39, 0.29) is 13.2 Å². The molecule has 0 spiro atoms. The summed E-state index contributed by atoms with van der Waals surface area (Å²) in [6.07, 6.45) is 3.15. The number of piperidine rings is 1. The van der Waals surface area contributed by atoms with Crippen molar-refractivity contribution in [1.29, 1.82) is 0 Å². The van der Waals surface area contributed by atoms with E-state index in [0.29, 0.717) is 22.8 Å². The molecule has 1 unspecified atom stereocenters. The van der Waals surface area contributed by atoms with Gasteiger partial charge >= 0.3 is 7.60 Å². The molecule has 2 heterocycles. The first-order valence-corrected chi connectivity index (χ1v) is 14.1. The highest BCUT2D eigenvalue weighted by Crippen LogP contribution is 2.64. The van der Waals surface area contributed by atoms with Crippen molar-refractivity contribution in [3.63, 3.8) is 0 Å². The Morgan fingerprint density at radius 2 is 1.50 bits per heavy atom. The van der Waals surface area contributed by atoms with Gasteiger partial charge in [0.25, 0.3) is 0 Å². The molecule has 3 aromatic rings. The predicted octanol–water partition coefficient (Wildman–Crippen LogP) is 6.88. The van der Waals surface area contributed by atoms with Crippen molar-refractivity contribution in [2.24, 2.45) is 0 Å². The van der Waals surface area contributed by atoms with E-state index >= 15 is 0 Å². The van der Waals surface area contributed by atoms with Crippen LogP contribution >= 0.6 is 7.60 Å². The van der Waals surface area contributed by atoms with Crippen molar-refractivity contribution in [2.45, 2.75) is 38.9 Å². The van der Waals surface area contributed by atoms with E-state index in [2.05, 4.69) is 4.90 Å². The monoisotopic (exact) mass is 517 g/mol. The number of hydrogen-bond acceptors (Lipinski definition) is 8. The topological polar surface area (TPSA) is 79.6 Å². The molecule has 2 aromatic carbocycles. The van der Waals surface area contributed by atoms with E-state index in [1.165, 1.54) is 0 Å². The fraction of sp³-hybridized carbons (Fsp3) is 0.481. The zero-order chi connectivity index (χ0) is 25.7. The van der Waals surface area contributed by atoms with E-state index in [1.54, 1.807) is 21.3 Å². The number of fused-ring (bicyclic) bond motifs is 1. The highest BCUT2D eigenvalue weighted by atomic mass is 31.2. The molecule has 0 radical (unpaired) electrons. The van der Waals surface area contributed by atoms with Crippen molar-refractivity contribution >= 4 is 18.6 Å². The molecule has 36 heavy (non-hydrogen) atoms. The van der Waals surface area contributed by atoms with E-state index in [1.807, 2.05) is 50.2 Å². The molecule has 0 aliphatic carbocycles. The standard InChI is InChI=1S/C27H36NO7P/c1-6-33-36(29,34-7-2)27(28-15-9-8-10-16-28)26-25(19-11-13-20(30-3)14-12-19)21-17-23(31-4)24(32-5)18-22(21)35-26/h11-14,17-18,27H,6-10,15-16H2,1-5H3. The summed E-state index contributed by atoms with van der Waals surface area (Å²) < 4.78 is 49.3. The Morgan fingerprint density at radius 3 is 2.06 bits per heavy atom. The first kappa shape index (κ1) is 26.6. The van der Waals surface area contributed by atoms with Crippen LogP contribution in [-0.4, -0.2) is 52.5 Å². The lowest BCUT2D eigenvalue weighted by Crippen LogP contribution is -2.34. The van der Waals surface area contributed by atoms with Crippen LogP contribution in [0.2, 0.25) is 0 Å². The van der Waals surface area contributed by atoms with E-state index in [0.717, 1.165) is 54.6 Å². The number of rotatable bonds is 11. The average Bonchev–Trinajstić information content (AvgIpc) is 3.26. The minimum atomic E-state index is -3.63. The van der Waals surface area contributed by atoms with Gasteiger partial charge in [-0.2, -0.15) is 0 Å². The molecule has 8 nitrogen and oxygen atoms in total. The maximum atomic E-state index is 14.4. The molecule has 196 valence electrons. The van der Waals surface area contributed by atoms with E-state index < -0.39 is 13.4 Å². The average molecular weight is 518 g/mol. The van der Waals surface area contributed by atoms with Gasteiger partial charge in [0, 0.05) is 17.0 Å². The Morgan fingerprint density at radius 1 is 0.889 bits per heavy atom. The summed E-state index contributed by atoms with van der Waals surface area (Å²) in [5.74, 6) is 1.74. The van der Waals surface area contributed by atoms with Crippen LogP contribution < -0.4 is 14.2 Å². The molecule has 1 saturated heterocycles. The van der Waals surface area contributed by atoms with Crippen LogP contribution in [0.1, 0.15) is 44.7 Å². The van der Waals surface area contributed by atoms with Crippen molar-refractivity contribution in [3.8, 4) is 28.4 Å². The lowest BCUT2D eigenvalue weighted by atomic mass is 10.0. The van der Waals surface area contributed by atoms with Gasteiger partial charge in [-0.1, -0.05) is 18.6 Å². The smallest absolute Gasteiger partial charge is 0.355 e. The van der Waals surface area contributed by atoms with Gasteiger partial charge in [-0.05, 0) is 63.5 Å². The minimum Gasteiger partial charge on any atom is -0.497 e. The van der Waals surface area contributed by atoms with Crippen LogP contribution in [0.5, 0.6) is 17.2 Å². The number of ether oxygens (including phenoxy) is 3. The molecule has 0 saturated carbocycles. The second-order valence-corrected chi connectivity index (χ2v) is 10.7. The first-order valence-electron chi connectivity index (χ1n) is 12.4. The maximum absolute atomic E-state index is 14.4. The molecule has 0 amide bonds. The lowest BCUT2D eigenvalue weighted by Gasteiger charge is -2.37. The molecule has 1 aliphatic heterocycles. The van der Waals surface area contributed by atoms with Crippen molar-refractivity contribution in [3.05, 3.63) is 42.2 Å². The van der Waals surface area contributed by atoms with Crippen molar-refractivity contribution in [1.82, 2.24) is 4.90 Å². The molecule has 1 aromatic heterocycles. The molecule has 0 N–H and O–H groups in total. The van der Waals surface area contributed by atoms with Gasteiger partial charge in [0.05, 0.1) is 34.5 Å². The minimum absolute atomic E-state index is 0.265. The van der Waals surface area contributed by atoms with Gasteiger partial charge < -0.3 is 27.7 Å². The summed E-state index contributed by atoms with van der Waals surface area (Å²) in [6, 6.07) is 11.5. The number of nitrogens with zero attached hydrogens (tertiary/aromatic N) is 1. The number of methoxy groups -OCH3 is 3. The highest BCUT2D eigenvalue weighted by molar-refractivity contribution is 7.54. The van der Waals surface area contributed by atoms with Crippen LogP contribution in [-0.2, 0) is 13.6 Å². The molecule has 1 fully saturated rings. The van der Waals surface area contributed by atoms with Crippen LogP contribution in [0, 0.1) is 0 Å². The third-order valence-corrected chi connectivity index (χ3v) is 8.89. The highest BCUT2D eigenvalue weighted by Gasteiger charge is 2.45. The molecule has 0 bridgehead atoms. The molecule has 1 aliphatic rings. The Bertz CT molecular complexity index is 1190. The quantitative estimate of drug-likeness (QED) is 0.255. The number of likely N-dealkylation sites (tertiary alicyclic amines) is 1. The fourth-order valence-corrected chi connectivity index (χ4v) is 7.07. The number of benzene rings is 2. The second kappa shape index (κ2) is 11.7. The van der Waals surface area contributed by atoms with Gasteiger partial charge in [-0.25, -0.2) is 0 Å². The van der Waals surface area contributed by atoms with Gasteiger partial charge in [-0.15, -0.1) is 0 Å². The van der Waals surface area contributed by atoms with E-state index in [9.17, 15) is 4.57 Å². The van der Waals surface area contributed by atoms with Crippen LogP contribution in [0.3, 0.4) is 0 Å². The van der Waals surface area contributed by atoms with Crippen LogP contribution in [0.4, 0.5) is 0 Å². The largest absolute Gasteiger partial charge is 0.497 e. The first-order chi connectivity index (χ1) is 17.5. The van der Waals surface area contributed by atoms with E-state index in [4.69, 9.17) is 27.7 Å². The van der Waals surface area contributed by atoms with Crippen molar-refractivity contribution < 1.29 is 32.2 Å². The zero-order valence-electron chi connectivity index (χ0n) is 21.7. The normalized spacial score (nSPS) is 15.7. The molecular formula is C27H36NO7P. The molecular weight excluding hydrogens is 481 g/mol. The predicted molar refractivity (Wildman–Crippen MR) is 140 cm³/mol. The number of hydrogen-bond donors (Lipinski definition) is 0. The lowest BCUT2D eigenvalue weighted by molar-refractivity contribution is 0.138. The Balaban J connectivity index is 2.02. The van der Waals surface area contributed by atoms with Crippen molar-refractivity contribution in [2.75, 3.05) is 47.6 Å². The Labute approximate surface area is 212 Å². The van der Waals surface area contributed by atoms with Gasteiger partial charge in [-0.3, -0.25) is 9.46 Å². The molecule has 1 atom stereocenters. The number of furan rings is 1. The second-order valence-electron chi connectivity index (χ2n) is 8.62. The van der Waals surface area contributed by atoms with Gasteiger partial charge in [0.15, 0.2) is 17.3 Å². The maximum Gasteiger partial charge on any atom is 0.355 e. The summed E-state index contributed by atoms with van der Waals surface area (Å²) in [5, 5.41) is 0.828. The van der Waals surface area contributed by atoms with Crippen LogP contribution in [0.25, 0.3) is 22.1 Å². The third kappa shape index (κ3) is 5.14. The summed E-state index contributed by atoms with van der Waals surface area (Å²) >= 11 is 0. The van der Waals surface area contributed by atoms with Gasteiger partial charge in [0.2, 0.25) is 0 Å². The Kier molecular flexibility index (Phi) is 8.62. The molecule has 9 heteroatoms. The van der Waals surface area contributed by atoms with Crippen LogP contribution in [0.15, 0.2) is 40.8 Å². The summed E-state index contributed by atoms with van der Waals surface area (Å²) in [6.45, 7) is 5.75. The Hall–Kier alpha value is -2.51. The summed E-state index contributed by atoms with van der Waals surface area (Å²) in [7, 11) is 1.20. The van der Waals surface area contributed by atoms with Gasteiger partial charge in [0.1, 0.15) is 17.1 Å². The summed E-state index contributed by atoms with van der Waals surface area (Å²) in [4.78, 5) is 2.19. The summed E-state index contributed by atoms with van der Waals surface area (Å²) in [5.41, 5.74) is 2.33. The zero-order valence-corrected chi connectivity index (χ0v) is 22.6.